The minimum atomic E-state index is -0.429. The fourth-order valence-electron chi connectivity index (χ4n) is 2.25. The third-order valence-corrected chi connectivity index (χ3v) is 4.46. The molecule has 0 radical (unpaired) electrons. The van der Waals surface area contributed by atoms with E-state index in [0.717, 1.165) is 9.13 Å². The highest BCUT2D eigenvalue weighted by atomic mass is 127. The van der Waals surface area contributed by atoms with Crippen molar-refractivity contribution in [3.63, 3.8) is 0 Å². The maximum atomic E-state index is 11.7. The van der Waals surface area contributed by atoms with Crippen LogP contribution >= 0.6 is 22.6 Å². The van der Waals surface area contributed by atoms with E-state index in [9.17, 15) is 4.79 Å². The number of halogens is 1. The van der Waals surface area contributed by atoms with Crippen LogP contribution in [0.3, 0.4) is 0 Å². The summed E-state index contributed by atoms with van der Waals surface area (Å²) in [5, 5.41) is 11.6. The fourth-order valence-corrected chi connectivity index (χ4v) is 3.03. The summed E-state index contributed by atoms with van der Waals surface area (Å²) in [7, 11) is 3.04. The van der Waals surface area contributed by atoms with Crippen molar-refractivity contribution in [3.8, 4) is 17.6 Å². The van der Waals surface area contributed by atoms with E-state index in [1.165, 1.54) is 18.7 Å². The fraction of sp³-hybridized carbons (Fsp3) is 0.200. The first-order valence-corrected chi connectivity index (χ1v) is 8.96. The molecule has 0 aliphatic heterocycles. The normalized spacial score (nSPS) is 10.8. The van der Waals surface area contributed by atoms with Crippen molar-refractivity contribution in [1.82, 2.24) is 5.32 Å². The molecule has 2 rings (SSSR count). The molecule has 0 unspecified atom stereocenters. The van der Waals surface area contributed by atoms with Gasteiger partial charge in [0.1, 0.15) is 18.2 Å². The third-order valence-electron chi connectivity index (χ3n) is 3.66. The zero-order chi connectivity index (χ0) is 19.1. The minimum Gasteiger partial charge on any atom is -0.493 e. The lowest BCUT2D eigenvalue weighted by Gasteiger charge is -2.14. The summed E-state index contributed by atoms with van der Waals surface area (Å²) in [5.41, 5.74) is 2.97. The number of carbonyl (C=O) groups excluding carboxylic acids is 1. The lowest BCUT2D eigenvalue weighted by atomic mass is 10.1. The number of rotatable bonds is 6. The van der Waals surface area contributed by atoms with Crippen molar-refractivity contribution >= 4 is 34.6 Å². The molecule has 1 N–H and O–H groups in total. The van der Waals surface area contributed by atoms with Gasteiger partial charge in [0.05, 0.1) is 10.7 Å². The van der Waals surface area contributed by atoms with Crippen LogP contribution in [0, 0.1) is 21.8 Å². The van der Waals surface area contributed by atoms with Gasteiger partial charge in [-0.1, -0.05) is 29.8 Å². The topological polar surface area (TPSA) is 71.4 Å². The number of carbonyl (C=O) groups is 1. The van der Waals surface area contributed by atoms with Crippen molar-refractivity contribution in [2.75, 3.05) is 14.2 Å². The molecular weight excluding hydrogens is 443 g/mol. The number of hydrogen-bond donors (Lipinski definition) is 1. The van der Waals surface area contributed by atoms with Gasteiger partial charge in [0.2, 0.25) is 0 Å². The molecule has 0 fully saturated rings. The Labute approximate surface area is 166 Å². The molecule has 0 aliphatic carbocycles. The molecule has 0 heterocycles. The Morgan fingerprint density at radius 3 is 2.58 bits per heavy atom. The average molecular weight is 462 g/mol. The SMILES string of the molecule is CNC(=O)/C(C#N)=C\c1cc(I)c(OCc2ccc(C)cc2)c(OC)c1. The molecule has 2 aromatic carbocycles. The van der Waals surface area contributed by atoms with Gasteiger partial charge in [0.25, 0.3) is 5.91 Å². The van der Waals surface area contributed by atoms with Crippen LogP contribution in [0.2, 0.25) is 0 Å². The van der Waals surface area contributed by atoms with Gasteiger partial charge in [-0.15, -0.1) is 0 Å². The second-order valence-electron chi connectivity index (χ2n) is 5.56. The lowest BCUT2D eigenvalue weighted by molar-refractivity contribution is -0.116. The van der Waals surface area contributed by atoms with E-state index in [1.807, 2.05) is 43.3 Å². The van der Waals surface area contributed by atoms with E-state index in [-0.39, 0.29) is 5.57 Å². The molecule has 0 aliphatic rings. The maximum Gasteiger partial charge on any atom is 0.261 e. The highest BCUT2D eigenvalue weighted by Gasteiger charge is 2.13. The number of hydrogen-bond acceptors (Lipinski definition) is 4. The third kappa shape index (κ3) is 4.99. The minimum absolute atomic E-state index is 0.0266. The van der Waals surface area contributed by atoms with Crippen molar-refractivity contribution in [3.05, 3.63) is 62.2 Å². The largest absolute Gasteiger partial charge is 0.493 e. The molecule has 0 aromatic heterocycles. The molecule has 2 aromatic rings. The summed E-state index contributed by atoms with van der Waals surface area (Å²) in [4.78, 5) is 11.7. The van der Waals surface area contributed by atoms with E-state index in [4.69, 9.17) is 14.7 Å². The van der Waals surface area contributed by atoms with Gasteiger partial charge in [0, 0.05) is 7.05 Å². The van der Waals surface area contributed by atoms with Crippen LogP contribution in [0.1, 0.15) is 16.7 Å². The predicted octanol–water partition coefficient (Wildman–Crippen LogP) is 3.84. The van der Waals surface area contributed by atoms with Crippen LogP contribution in [0.5, 0.6) is 11.5 Å². The number of amides is 1. The van der Waals surface area contributed by atoms with Crippen LogP contribution in [-0.4, -0.2) is 20.1 Å². The standard InChI is InChI=1S/C20H19IN2O3/c1-13-4-6-14(7-5-13)12-26-19-17(21)9-15(10-18(19)25-3)8-16(11-22)20(24)23-2/h4-10H,12H2,1-3H3,(H,23,24)/b16-8-. The number of ether oxygens (including phenoxy) is 2. The molecule has 5 nitrogen and oxygen atoms in total. The summed E-state index contributed by atoms with van der Waals surface area (Å²) in [6.45, 7) is 2.46. The van der Waals surface area contributed by atoms with Crippen molar-refractivity contribution in [2.45, 2.75) is 13.5 Å². The summed E-state index contributed by atoms with van der Waals surface area (Å²) in [6.07, 6.45) is 1.52. The molecule has 0 saturated carbocycles. The number of aryl methyl sites for hydroxylation is 1. The summed E-state index contributed by atoms with van der Waals surface area (Å²) in [5.74, 6) is 0.745. The van der Waals surface area contributed by atoms with Gasteiger partial charge < -0.3 is 14.8 Å². The van der Waals surface area contributed by atoms with Gasteiger partial charge in [0.15, 0.2) is 11.5 Å². The molecular formula is C20H19IN2O3. The number of nitrogens with zero attached hydrogens (tertiary/aromatic N) is 1. The Kier molecular flexibility index (Phi) is 7.04. The predicted molar refractivity (Wildman–Crippen MR) is 109 cm³/mol. The van der Waals surface area contributed by atoms with E-state index < -0.39 is 5.91 Å². The van der Waals surface area contributed by atoms with Crippen molar-refractivity contribution in [2.24, 2.45) is 0 Å². The first-order valence-electron chi connectivity index (χ1n) is 7.88. The van der Waals surface area contributed by atoms with Crippen LogP contribution in [0.4, 0.5) is 0 Å². The summed E-state index contributed by atoms with van der Waals surface area (Å²) in [6, 6.07) is 13.6. The Morgan fingerprint density at radius 2 is 2.00 bits per heavy atom. The molecule has 0 bridgehead atoms. The molecule has 0 saturated heterocycles. The monoisotopic (exact) mass is 462 g/mol. The van der Waals surface area contributed by atoms with Gasteiger partial charge in [-0.2, -0.15) is 5.26 Å². The van der Waals surface area contributed by atoms with Crippen LogP contribution in [-0.2, 0) is 11.4 Å². The van der Waals surface area contributed by atoms with Gasteiger partial charge >= 0.3 is 0 Å². The number of nitrogens with one attached hydrogen (secondary N) is 1. The second kappa shape index (κ2) is 9.25. The zero-order valence-electron chi connectivity index (χ0n) is 14.8. The summed E-state index contributed by atoms with van der Waals surface area (Å²) < 4.78 is 12.2. The quantitative estimate of drug-likeness (QED) is 0.403. The molecule has 134 valence electrons. The highest BCUT2D eigenvalue weighted by Crippen LogP contribution is 2.35. The zero-order valence-corrected chi connectivity index (χ0v) is 17.0. The number of nitriles is 1. The van der Waals surface area contributed by atoms with Crippen LogP contribution in [0.25, 0.3) is 6.08 Å². The molecule has 0 spiro atoms. The number of benzene rings is 2. The van der Waals surface area contributed by atoms with Gasteiger partial charge in [-0.3, -0.25) is 4.79 Å². The number of likely N-dealkylation sites (N-methyl/N-ethyl adjacent to an activating group) is 1. The molecule has 26 heavy (non-hydrogen) atoms. The Balaban J connectivity index is 2.29. The first-order chi connectivity index (χ1) is 12.5. The van der Waals surface area contributed by atoms with Gasteiger partial charge in [-0.05, 0) is 58.9 Å². The Hall–Kier alpha value is -2.53. The van der Waals surface area contributed by atoms with Crippen molar-refractivity contribution in [1.29, 1.82) is 5.26 Å². The Morgan fingerprint density at radius 1 is 1.31 bits per heavy atom. The molecule has 6 heteroatoms. The number of methoxy groups -OCH3 is 1. The molecule has 1 amide bonds. The van der Waals surface area contributed by atoms with Crippen LogP contribution < -0.4 is 14.8 Å². The van der Waals surface area contributed by atoms with Crippen molar-refractivity contribution < 1.29 is 14.3 Å². The first kappa shape index (κ1) is 19.8. The molecule has 0 atom stereocenters. The van der Waals surface area contributed by atoms with E-state index >= 15 is 0 Å². The summed E-state index contributed by atoms with van der Waals surface area (Å²) >= 11 is 2.15. The van der Waals surface area contributed by atoms with Crippen LogP contribution in [0.15, 0.2) is 42.0 Å². The van der Waals surface area contributed by atoms with Gasteiger partial charge in [-0.25, -0.2) is 0 Å². The maximum absolute atomic E-state index is 11.7. The second-order valence-corrected chi connectivity index (χ2v) is 6.72. The van der Waals surface area contributed by atoms with E-state index in [0.29, 0.717) is 23.7 Å². The lowest BCUT2D eigenvalue weighted by Crippen LogP contribution is -2.19. The average Bonchev–Trinajstić information content (AvgIpc) is 2.65. The smallest absolute Gasteiger partial charge is 0.261 e. The Bertz CT molecular complexity index is 868. The highest BCUT2D eigenvalue weighted by molar-refractivity contribution is 14.1. The van der Waals surface area contributed by atoms with E-state index in [1.54, 1.807) is 13.2 Å². The van der Waals surface area contributed by atoms with E-state index in [2.05, 4.69) is 27.9 Å².